The van der Waals surface area contributed by atoms with E-state index >= 15 is 0 Å². The first kappa shape index (κ1) is 15.2. The quantitative estimate of drug-likeness (QED) is 0.842. The number of anilines is 1. The summed E-state index contributed by atoms with van der Waals surface area (Å²) in [7, 11) is 3.83. The molecule has 0 aliphatic carbocycles. The fourth-order valence-corrected chi connectivity index (χ4v) is 1.73. The van der Waals surface area contributed by atoms with E-state index in [0.717, 1.165) is 19.0 Å². The Kier molecular flexibility index (Phi) is 5.40. The van der Waals surface area contributed by atoms with Crippen LogP contribution >= 0.6 is 15.9 Å². The van der Waals surface area contributed by atoms with Crippen molar-refractivity contribution in [3.8, 4) is 0 Å². The van der Waals surface area contributed by atoms with E-state index in [9.17, 15) is 13.2 Å². The van der Waals surface area contributed by atoms with Gasteiger partial charge in [-0.05, 0) is 49.1 Å². The van der Waals surface area contributed by atoms with Crippen LogP contribution in [0.15, 0.2) is 16.7 Å². The van der Waals surface area contributed by atoms with Crippen LogP contribution in [0.5, 0.6) is 0 Å². The summed E-state index contributed by atoms with van der Waals surface area (Å²) in [6.45, 7) is 1.26. The van der Waals surface area contributed by atoms with Gasteiger partial charge in [-0.3, -0.25) is 0 Å². The van der Waals surface area contributed by atoms with Crippen LogP contribution < -0.4 is 5.32 Å². The van der Waals surface area contributed by atoms with Gasteiger partial charge in [0.2, 0.25) is 0 Å². The van der Waals surface area contributed by atoms with Gasteiger partial charge in [-0.2, -0.15) is 13.2 Å². The molecule has 7 heteroatoms. The fourth-order valence-electron chi connectivity index (χ4n) is 1.40. The Hall–Kier alpha value is -0.820. The minimum Gasteiger partial charge on any atom is -0.370 e. The third-order valence-corrected chi connectivity index (χ3v) is 2.67. The number of alkyl halides is 3. The molecule has 1 aromatic heterocycles. The van der Waals surface area contributed by atoms with Gasteiger partial charge >= 0.3 is 6.18 Å². The number of nitrogens with zero attached hydrogens (tertiary/aromatic N) is 2. The fraction of sp³-hybridized carbons (Fsp3) is 0.545. The highest BCUT2D eigenvalue weighted by atomic mass is 79.9. The molecule has 0 bridgehead atoms. The maximum absolute atomic E-state index is 12.8. The number of hydrogen-bond donors (Lipinski definition) is 1. The van der Waals surface area contributed by atoms with Gasteiger partial charge in [-0.1, -0.05) is 0 Å². The van der Waals surface area contributed by atoms with Crippen LogP contribution in [0.3, 0.4) is 0 Å². The minimum absolute atomic E-state index is 0.121. The molecule has 1 N–H and O–H groups in total. The average Bonchev–Trinajstić information content (AvgIpc) is 2.24. The molecule has 1 rings (SSSR count). The van der Waals surface area contributed by atoms with Gasteiger partial charge in [-0.25, -0.2) is 4.98 Å². The Morgan fingerprint density at radius 3 is 2.61 bits per heavy atom. The van der Waals surface area contributed by atoms with Gasteiger partial charge in [-0.15, -0.1) is 0 Å². The van der Waals surface area contributed by atoms with Crippen LogP contribution in [0.1, 0.15) is 12.0 Å². The number of hydrogen-bond acceptors (Lipinski definition) is 3. The molecule has 1 heterocycles. The van der Waals surface area contributed by atoms with E-state index in [2.05, 4.69) is 26.2 Å². The molecule has 0 aromatic carbocycles. The third-order valence-electron chi connectivity index (χ3n) is 2.23. The Labute approximate surface area is 113 Å². The normalized spacial score (nSPS) is 11.9. The molecular formula is C11H15BrF3N3. The second-order valence-electron chi connectivity index (χ2n) is 4.13. The molecule has 0 fully saturated rings. The second kappa shape index (κ2) is 6.38. The van der Waals surface area contributed by atoms with Crippen molar-refractivity contribution in [2.24, 2.45) is 0 Å². The SMILES string of the molecule is CN(C)CCCNc1ncc(Br)cc1C(F)(F)F. The molecular weight excluding hydrogens is 311 g/mol. The van der Waals surface area contributed by atoms with Crippen molar-refractivity contribution >= 4 is 21.7 Å². The van der Waals surface area contributed by atoms with E-state index in [-0.39, 0.29) is 5.82 Å². The first-order chi connectivity index (χ1) is 8.30. The van der Waals surface area contributed by atoms with Crippen molar-refractivity contribution in [2.45, 2.75) is 12.6 Å². The molecule has 18 heavy (non-hydrogen) atoms. The first-order valence-corrected chi connectivity index (χ1v) is 6.21. The van der Waals surface area contributed by atoms with Crippen molar-refractivity contribution in [1.29, 1.82) is 0 Å². The molecule has 0 saturated carbocycles. The van der Waals surface area contributed by atoms with Gasteiger partial charge in [0.1, 0.15) is 5.82 Å². The van der Waals surface area contributed by atoms with Crippen molar-refractivity contribution in [2.75, 3.05) is 32.5 Å². The molecule has 0 aliphatic heterocycles. The van der Waals surface area contributed by atoms with E-state index in [1.807, 2.05) is 19.0 Å². The Morgan fingerprint density at radius 1 is 1.39 bits per heavy atom. The largest absolute Gasteiger partial charge is 0.419 e. The smallest absolute Gasteiger partial charge is 0.370 e. The van der Waals surface area contributed by atoms with Crippen LogP contribution in [0.4, 0.5) is 19.0 Å². The minimum atomic E-state index is -4.40. The number of halogens is 4. The van der Waals surface area contributed by atoms with Crippen molar-refractivity contribution in [3.63, 3.8) is 0 Å². The maximum atomic E-state index is 12.8. The molecule has 102 valence electrons. The summed E-state index contributed by atoms with van der Waals surface area (Å²) in [4.78, 5) is 5.74. The van der Waals surface area contributed by atoms with Crippen molar-refractivity contribution in [1.82, 2.24) is 9.88 Å². The molecule has 0 spiro atoms. The lowest BCUT2D eigenvalue weighted by molar-refractivity contribution is -0.137. The highest BCUT2D eigenvalue weighted by Gasteiger charge is 2.34. The Bertz CT molecular complexity index is 394. The van der Waals surface area contributed by atoms with Crippen LogP contribution in [0.25, 0.3) is 0 Å². The maximum Gasteiger partial charge on any atom is 0.419 e. The van der Waals surface area contributed by atoms with Crippen LogP contribution in [-0.2, 0) is 6.18 Å². The van der Waals surface area contributed by atoms with E-state index in [1.54, 1.807) is 0 Å². The van der Waals surface area contributed by atoms with E-state index in [1.165, 1.54) is 6.20 Å². The summed E-state index contributed by atoms with van der Waals surface area (Å²) >= 11 is 2.99. The summed E-state index contributed by atoms with van der Waals surface area (Å²) in [5.41, 5.74) is -0.748. The Balaban J connectivity index is 2.70. The third kappa shape index (κ3) is 4.81. The van der Waals surface area contributed by atoms with Gasteiger partial charge in [0, 0.05) is 17.2 Å². The summed E-state index contributed by atoms with van der Waals surface area (Å²) in [6.07, 6.45) is -2.30. The van der Waals surface area contributed by atoms with Gasteiger partial charge in [0.05, 0.1) is 5.56 Å². The standard InChI is InChI=1S/C11H15BrF3N3/c1-18(2)5-3-4-16-10-9(11(13,14)15)6-8(12)7-17-10/h6-7H,3-5H2,1-2H3,(H,16,17). The molecule has 0 atom stereocenters. The van der Waals surface area contributed by atoms with Gasteiger partial charge in [0.15, 0.2) is 0 Å². The van der Waals surface area contributed by atoms with Crippen LogP contribution in [-0.4, -0.2) is 37.1 Å². The number of pyridine rings is 1. The van der Waals surface area contributed by atoms with Crippen LogP contribution in [0.2, 0.25) is 0 Å². The Morgan fingerprint density at radius 2 is 2.06 bits per heavy atom. The zero-order valence-electron chi connectivity index (χ0n) is 10.2. The van der Waals surface area contributed by atoms with Crippen molar-refractivity contribution < 1.29 is 13.2 Å². The van der Waals surface area contributed by atoms with E-state index in [0.29, 0.717) is 11.0 Å². The molecule has 0 amide bonds. The van der Waals surface area contributed by atoms with Gasteiger partial charge < -0.3 is 10.2 Å². The monoisotopic (exact) mass is 325 g/mol. The highest BCUT2D eigenvalue weighted by molar-refractivity contribution is 9.10. The molecule has 0 saturated heterocycles. The molecule has 0 radical (unpaired) electrons. The average molecular weight is 326 g/mol. The lowest BCUT2D eigenvalue weighted by Gasteiger charge is -2.14. The lowest BCUT2D eigenvalue weighted by atomic mass is 10.2. The second-order valence-corrected chi connectivity index (χ2v) is 5.05. The first-order valence-electron chi connectivity index (χ1n) is 5.42. The van der Waals surface area contributed by atoms with E-state index < -0.39 is 11.7 Å². The predicted molar refractivity (Wildman–Crippen MR) is 68.6 cm³/mol. The summed E-state index contributed by atoms with van der Waals surface area (Å²) in [5.74, 6) is -0.121. The summed E-state index contributed by atoms with van der Waals surface area (Å²) < 4.78 is 38.6. The zero-order valence-corrected chi connectivity index (χ0v) is 11.8. The molecule has 0 unspecified atom stereocenters. The predicted octanol–water partition coefficient (Wildman–Crippen LogP) is 3.23. The molecule has 0 aliphatic rings. The number of nitrogens with one attached hydrogen (secondary N) is 1. The molecule has 3 nitrogen and oxygen atoms in total. The molecule has 1 aromatic rings. The van der Waals surface area contributed by atoms with Crippen LogP contribution in [0, 0.1) is 0 Å². The highest BCUT2D eigenvalue weighted by Crippen LogP contribution is 2.35. The lowest BCUT2D eigenvalue weighted by Crippen LogP contribution is -2.18. The van der Waals surface area contributed by atoms with Gasteiger partial charge in [0.25, 0.3) is 0 Å². The topological polar surface area (TPSA) is 28.2 Å². The summed E-state index contributed by atoms with van der Waals surface area (Å²) in [6, 6.07) is 1.03. The van der Waals surface area contributed by atoms with E-state index in [4.69, 9.17) is 0 Å². The number of aromatic nitrogens is 1. The number of rotatable bonds is 5. The summed E-state index contributed by atoms with van der Waals surface area (Å²) in [5, 5.41) is 2.72. The zero-order chi connectivity index (χ0) is 13.8. The van der Waals surface area contributed by atoms with Crippen molar-refractivity contribution in [3.05, 3.63) is 22.3 Å².